The van der Waals surface area contributed by atoms with Crippen LogP contribution in [0.3, 0.4) is 0 Å². The summed E-state index contributed by atoms with van der Waals surface area (Å²) in [6.07, 6.45) is 0. The van der Waals surface area contributed by atoms with Crippen LogP contribution < -0.4 is 11.3 Å². The third-order valence-corrected chi connectivity index (χ3v) is 2.28. The maximum Gasteiger partial charge on any atom is 0.251 e. The highest BCUT2D eigenvalue weighted by molar-refractivity contribution is 5.54. The molecule has 82 valence electrons. The molecule has 1 aromatic carbocycles. The van der Waals surface area contributed by atoms with Gasteiger partial charge in [0.15, 0.2) is 0 Å². The van der Waals surface area contributed by atoms with Crippen molar-refractivity contribution in [2.75, 3.05) is 0 Å². The van der Waals surface area contributed by atoms with Gasteiger partial charge in [-0.15, -0.1) is 0 Å². The van der Waals surface area contributed by atoms with E-state index in [1.165, 1.54) is 6.07 Å². The van der Waals surface area contributed by atoms with Gasteiger partial charge in [0.2, 0.25) is 0 Å². The lowest BCUT2D eigenvalue weighted by Gasteiger charge is -2.06. The molecule has 0 aliphatic carbocycles. The van der Waals surface area contributed by atoms with Gasteiger partial charge >= 0.3 is 0 Å². The number of nitrogens with two attached hydrogens (primary N) is 1. The van der Waals surface area contributed by atoms with Gasteiger partial charge in [-0.3, -0.25) is 4.79 Å². The van der Waals surface area contributed by atoms with Crippen LogP contribution in [0.1, 0.15) is 18.7 Å². The minimum Gasteiger partial charge on any atom is -0.323 e. The van der Waals surface area contributed by atoms with Crippen LogP contribution in [0.15, 0.2) is 41.2 Å². The van der Waals surface area contributed by atoms with Gasteiger partial charge in [0.05, 0.1) is 5.69 Å². The molecular weight excluding hydrogens is 202 g/mol. The predicted octanol–water partition coefficient (Wildman–Crippen LogP) is 1.46. The van der Waals surface area contributed by atoms with Crippen LogP contribution in [0.2, 0.25) is 0 Å². The van der Waals surface area contributed by atoms with Crippen molar-refractivity contribution in [1.82, 2.24) is 9.97 Å². The fraction of sp³-hybridized carbons (Fsp3) is 0.167. The lowest BCUT2D eigenvalue weighted by atomic mass is 10.2. The van der Waals surface area contributed by atoms with Gasteiger partial charge in [-0.25, -0.2) is 4.98 Å². The average Bonchev–Trinajstić information content (AvgIpc) is 2.29. The number of rotatable bonds is 2. The fourth-order valence-electron chi connectivity index (χ4n) is 1.44. The zero-order valence-corrected chi connectivity index (χ0v) is 8.97. The Morgan fingerprint density at radius 3 is 2.62 bits per heavy atom. The molecular formula is C12H13N3O. The van der Waals surface area contributed by atoms with Gasteiger partial charge < -0.3 is 10.7 Å². The van der Waals surface area contributed by atoms with Crippen molar-refractivity contribution in [2.45, 2.75) is 13.0 Å². The van der Waals surface area contributed by atoms with E-state index in [2.05, 4.69) is 9.97 Å². The number of aromatic nitrogens is 2. The molecule has 4 nitrogen and oxygen atoms in total. The zero-order valence-electron chi connectivity index (χ0n) is 8.97. The van der Waals surface area contributed by atoms with Gasteiger partial charge in [0.1, 0.15) is 5.82 Å². The van der Waals surface area contributed by atoms with Gasteiger partial charge in [-0.1, -0.05) is 30.3 Å². The van der Waals surface area contributed by atoms with Crippen molar-refractivity contribution in [2.24, 2.45) is 5.73 Å². The van der Waals surface area contributed by atoms with Gasteiger partial charge in [0, 0.05) is 17.7 Å². The highest BCUT2D eigenvalue weighted by Gasteiger charge is 2.06. The molecule has 0 radical (unpaired) electrons. The third-order valence-electron chi connectivity index (χ3n) is 2.28. The Morgan fingerprint density at radius 2 is 2.00 bits per heavy atom. The van der Waals surface area contributed by atoms with Crippen LogP contribution in [-0.4, -0.2) is 9.97 Å². The van der Waals surface area contributed by atoms with Crippen LogP contribution in [0.5, 0.6) is 0 Å². The lowest BCUT2D eigenvalue weighted by Crippen LogP contribution is -2.15. The number of H-pyrrole nitrogens is 1. The van der Waals surface area contributed by atoms with Crippen molar-refractivity contribution in [3.05, 3.63) is 52.4 Å². The molecule has 4 heteroatoms. The number of nitrogens with one attached hydrogen (secondary N) is 1. The second-order valence-corrected chi connectivity index (χ2v) is 3.67. The first-order valence-electron chi connectivity index (χ1n) is 5.09. The molecule has 0 saturated heterocycles. The van der Waals surface area contributed by atoms with E-state index in [9.17, 15) is 4.79 Å². The van der Waals surface area contributed by atoms with Crippen molar-refractivity contribution < 1.29 is 0 Å². The highest BCUT2D eigenvalue weighted by Crippen LogP contribution is 2.14. The minimum absolute atomic E-state index is 0.179. The molecule has 1 aromatic heterocycles. The molecule has 3 N–H and O–H groups in total. The van der Waals surface area contributed by atoms with Crippen LogP contribution in [0.4, 0.5) is 0 Å². The first kappa shape index (κ1) is 10.6. The lowest BCUT2D eigenvalue weighted by molar-refractivity contribution is 0.773. The van der Waals surface area contributed by atoms with E-state index in [-0.39, 0.29) is 11.6 Å². The van der Waals surface area contributed by atoms with Crippen LogP contribution in [0.25, 0.3) is 11.4 Å². The minimum atomic E-state index is -0.246. The summed E-state index contributed by atoms with van der Waals surface area (Å²) in [5.74, 6) is 0.556. The maximum absolute atomic E-state index is 11.4. The molecule has 1 heterocycles. The Hall–Kier alpha value is -1.94. The fourth-order valence-corrected chi connectivity index (χ4v) is 1.44. The quantitative estimate of drug-likeness (QED) is 0.796. The Bertz CT molecular complexity index is 531. The molecule has 16 heavy (non-hydrogen) atoms. The van der Waals surface area contributed by atoms with Crippen molar-refractivity contribution >= 4 is 0 Å². The average molecular weight is 215 g/mol. The largest absolute Gasteiger partial charge is 0.323 e. The Labute approximate surface area is 93.2 Å². The number of benzene rings is 1. The number of hydrogen-bond donors (Lipinski definition) is 2. The summed E-state index contributed by atoms with van der Waals surface area (Å²) in [4.78, 5) is 18.5. The summed E-state index contributed by atoms with van der Waals surface area (Å²) in [6.45, 7) is 1.80. The molecule has 0 saturated carbocycles. The molecule has 1 unspecified atom stereocenters. The summed E-state index contributed by atoms with van der Waals surface area (Å²) >= 11 is 0. The molecule has 2 aromatic rings. The SMILES string of the molecule is CC(N)c1cc(=O)[nH]c(-c2ccccc2)n1. The molecule has 1 atom stereocenters. The molecule has 0 aliphatic heterocycles. The monoisotopic (exact) mass is 215 g/mol. The topological polar surface area (TPSA) is 71.8 Å². The van der Waals surface area contributed by atoms with E-state index in [0.717, 1.165) is 5.56 Å². The van der Waals surface area contributed by atoms with Crippen molar-refractivity contribution in [1.29, 1.82) is 0 Å². The molecule has 0 fully saturated rings. The Kier molecular flexibility index (Phi) is 2.83. The Balaban J connectivity index is 2.54. The van der Waals surface area contributed by atoms with Crippen molar-refractivity contribution in [3.63, 3.8) is 0 Å². The molecule has 0 amide bonds. The van der Waals surface area contributed by atoms with E-state index in [0.29, 0.717) is 11.5 Å². The second-order valence-electron chi connectivity index (χ2n) is 3.67. The van der Waals surface area contributed by atoms with Crippen LogP contribution in [-0.2, 0) is 0 Å². The number of aromatic amines is 1. The maximum atomic E-state index is 11.4. The summed E-state index contributed by atoms with van der Waals surface area (Å²) < 4.78 is 0. The second kappa shape index (κ2) is 4.28. The third kappa shape index (κ3) is 2.17. The normalized spacial score (nSPS) is 12.4. The van der Waals surface area contributed by atoms with Gasteiger partial charge in [-0.2, -0.15) is 0 Å². The number of hydrogen-bond acceptors (Lipinski definition) is 3. The Morgan fingerprint density at radius 1 is 1.31 bits per heavy atom. The summed E-state index contributed by atoms with van der Waals surface area (Å²) in [5, 5.41) is 0. The smallest absolute Gasteiger partial charge is 0.251 e. The zero-order chi connectivity index (χ0) is 11.5. The van der Waals surface area contributed by atoms with Gasteiger partial charge in [0.25, 0.3) is 5.56 Å². The number of nitrogens with zero attached hydrogens (tertiary/aromatic N) is 1. The molecule has 0 spiro atoms. The summed E-state index contributed by atoms with van der Waals surface area (Å²) in [6, 6.07) is 10.7. The first-order valence-corrected chi connectivity index (χ1v) is 5.09. The summed E-state index contributed by atoms with van der Waals surface area (Å²) in [5.41, 5.74) is 7.01. The first-order chi connectivity index (χ1) is 7.66. The molecule has 0 bridgehead atoms. The van der Waals surface area contributed by atoms with Gasteiger partial charge in [-0.05, 0) is 6.92 Å². The van der Waals surface area contributed by atoms with Crippen LogP contribution in [0, 0.1) is 0 Å². The van der Waals surface area contributed by atoms with E-state index in [1.807, 2.05) is 30.3 Å². The highest BCUT2D eigenvalue weighted by atomic mass is 16.1. The molecule has 0 aliphatic rings. The van der Waals surface area contributed by atoms with E-state index in [4.69, 9.17) is 5.73 Å². The van der Waals surface area contributed by atoms with Crippen molar-refractivity contribution in [3.8, 4) is 11.4 Å². The van der Waals surface area contributed by atoms with Crippen LogP contribution >= 0.6 is 0 Å². The summed E-state index contributed by atoms with van der Waals surface area (Å²) in [7, 11) is 0. The van der Waals surface area contributed by atoms with E-state index < -0.39 is 0 Å². The van der Waals surface area contributed by atoms with E-state index in [1.54, 1.807) is 6.92 Å². The standard InChI is InChI=1S/C12H13N3O/c1-8(13)10-7-11(16)15-12(14-10)9-5-3-2-4-6-9/h2-8H,13H2,1H3,(H,14,15,16). The van der Waals surface area contributed by atoms with E-state index >= 15 is 0 Å². The predicted molar refractivity (Wildman–Crippen MR) is 62.9 cm³/mol. The molecule has 2 rings (SSSR count).